The fourth-order valence-electron chi connectivity index (χ4n) is 3.21. The van der Waals surface area contributed by atoms with Crippen LogP contribution in [0.15, 0.2) is 3.79 Å². The van der Waals surface area contributed by atoms with Gasteiger partial charge in [0.15, 0.2) is 0 Å². The maximum absolute atomic E-state index is 5.79. The molecular formula is C19H35BrO3SSi. The summed E-state index contributed by atoms with van der Waals surface area (Å²) in [5, 5.41) is 0. The lowest BCUT2D eigenvalue weighted by atomic mass is 10.0. The molecule has 0 fully saturated rings. The Kier molecular flexibility index (Phi) is 11.8. The average molecular weight is 452 g/mol. The van der Waals surface area contributed by atoms with Gasteiger partial charge in [-0.1, -0.05) is 52.4 Å². The van der Waals surface area contributed by atoms with Gasteiger partial charge in [-0.3, -0.25) is 0 Å². The first-order chi connectivity index (χ1) is 12.1. The first-order valence-corrected chi connectivity index (χ1v) is 12.9. The van der Waals surface area contributed by atoms with Gasteiger partial charge < -0.3 is 13.3 Å². The molecule has 0 saturated carbocycles. The second-order valence-corrected chi connectivity index (χ2v) is 12.0. The van der Waals surface area contributed by atoms with Crippen molar-refractivity contribution in [2.24, 2.45) is 0 Å². The van der Waals surface area contributed by atoms with Crippen LogP contribution in [0.5, 0.6) is 0 Å². The lowest BCUT2D eigenvalue weighted by Gasteiger charge is -2.24. The molecule has 0 aliphatic rings. The normalized spacial score (nSPS) is 12.1. The molecule has 0 aromatic carbocycles. The molecule has 0 saturated heterocycles. The molecule has 1 rings (SSSR count). The Morgan fingerprint density at radius 2 is 1.24 bits per heavy atom. The molecule has 1 heterocycles. The average Bonchev–Trinajstić information content (AvgIpc) is 2.94. The Balaban J connectivity index is 3.08. The molecule has 6 heteroatoms. The van der Waals surface area contributed by atoms with Gasteiger partial charge in [0.25, 0.3) is 0 Å². The summed E-state index contributed by atoms with van der Waals surface area (Å²) < 4.78 is 19.8. The number of rotatable bonds is 14. The third-order valence-electron chi connectivity index (χ3n) is 4.71. The SMILES string of the molecule is CCCCCCc1c(Br)sc([Si](OC)(OC)OC)c1CCCCCC. The summed E-state index contributed by atoms with van der Waals surface area (Å²) in [6.45, 7) is 4.51. The highest BCUT2D eigenvalue weighted by Crippen LogP contribution is 2.32. The molecule has 1 aromatic rings. The van der Waals surface area contributed by atoms with E-state index in [0.717, 1.165) is 12.8 Å². The lowest BCUT2D eigenvalue weighted by Crippen LogP contribution is -2.54. The second kappa shape index (κ2) is 12.6. The van der Waals surface area contributed by atoms with Crippen LogP contribution in [0, 0.1) is 0 Å². The van der Waals surface area contributed by atoms with Crippen LogP contribution in [-0.4, -0.2) is 30.1 Å². The molecule has 3 nitrogen and oxygen atoms in total. The fourth-order valence-corrected chi connectivity index (χ4v) is 8.72. The van der Waals surface area contributed by atoms with Crippen LogP contribution in [0.25, 0.3) is 0 Å². The molecular weight excluding hydrogens is 416 g/mol. The molecule has 146 valence electrons. The summed E-state index contributed by atoms with van der Waals surface area (Å²) >= 11 is 5.57. The maximum Gasteiger partial charge on any atom is 0.547 e. The maximum atomic E-state index is 5.79. The molecule has 0 amide bonds. The van der Waals surface area contributed by atoms with Crippen molar-refractivity contribution in [3.8, 4) is 0 Å². The van der Waals surface area contributed by atoms with Crippen LogP contribution in [0.1, 0.15) is 76.3 Å². The van der Waals surface area contributed by atoms with Crippen LogP contribution >= 0.6 is 27.3 Å². The van der Waals surface area contributed by atoms with Crippen LogP contribution < -0.4 is 4.50 Å². The monoisotopic (exact) mass is 450 g/mol. The standard InChI is InChI=1S/C19H35BrO3SSi/c1-6-8-10-12-14-16-17(15-13-11-9-7-2)19(24-18(16)20)25(21-3,22-4)23-5/h6-15H2,1-5H3. The summed E-state index contributed by atoms with van der Waals surface area (Å²) in [5.41, 5.74) is 2.87. The highest BCUT2D eigenvalue weighted by Gasteiger charge is 2.45. The molecule has 0 radical (unpaired) electrons. The van der Waals surface area contributed by atoms with Gasteiger partial charge in [-0.25, -0.2) is 0 Å². The van der Waals surface area contributed by atoms with E-state index < -0.39 is 8.80 Å². The third-order valence-corrected chi connectivity index (χ3v) is 10.1. The Morgan fingerprint density at radius 3 is 1.68 bits per heavy atom. The van der Waals surface area contributed by atoms with Gasteiger partial charge in [-0.2, -0.15) is 0 Å². The lowest BCUT2D eigenvalue weighted by molar-refractivity contribution is 0.141. The predicted molar refractivity (Wildman–Crippen MR) is 114 cm³/mol. The zero-order valence-corrected chi connectivity index (χ0v) is 20.0. The number of unbranched alkanes of at least 4 members (excludes halogenated alkanes) is 6. The molecule has 0 unspecified atom stereocenters. The van der Waals surface area contributed by atoms with Crippen molar-refractivity contribution in [1.29, 1.82) is 0 Å². The third kappa shape index (κ3) is 6.43. The highest BCUT2D eigenvalue weighted by molar-refractivity contribution is 9.11. The fraction of sp³-hybridized carbons (Fsp3) is 0.789. The van der Waals surface area contributed by atoms with E-state index in [1.807, 2.05) is 0 Å². The largest absolute Gasteiger partial charge is 0.547 e. The molecule has 0 bridgehead atoms. The molecule has 1 aromatic heterocycles. The number of hydrogen-bond acceptors (Lipinski definition) is 4. The molecule has 0 spiro atoms. The summed E-state index contributed by atoms with van der Waals surface area (Å²) in [6.07, 6.45) is 12.4. The van der Waals surface area contributed by atoms with E-state index >= 15 is 0 Å². The number of halogens is 1. The Bertz CT molecular complexity index is 481. The first-order valence-electron chi connectivity index (χ1n) is 9.56. The molecule has 0 aliphatic heterocycles. The van der Waals surface area contributed by atoms with Crippen molar-refractivity contribution < 1.29 is 13.3 Å². The Labute approximate surface area is 168 Å². The quantitative estimate of drug-likeness (QED) is 0.263. The van der Waals surface area contributed by atoms with E-state index in [4.69, 9.17) is 13.3 Å². The molecule has 0 N–H and O–H groups in total. The van der Waals surface area contributed by atoms with Gasteiger partial charge in [0.1, 0.15) is 0 Å². The topological polar surface area (TPSA) is 27.7 Å². The van der Waals surface area contributed by atoms with Crippen LogP contribution in [0.2, 0.25) is 0 Å². The van der Waals surface area contributed by atoms with E-state index in [-0.39, 0.29) is 0 Å². The van der Waals surface area contributed by atoms with Gasteiger partial charge in [-0.05, 0) is 52.7 Å². The zero-order chi connectivity index (χ0) is 18.7. The summed E-state index contributed by atoms with van der Waals surface area (Å²) in [4.78, 5) is 0. The van der Waals surface area contributed by atoms with Crippen molar-refractivity contribution in [3.05, 3.63) is 14.9 Å². The Hall–Kier alpha value is 0.277. The highest BCUT2D eigenvalue weighted by atomic mass is 79.9. The van der Waals surface area contributed by atoms with Crippen LogP contribution in [0.3, 0.4) is 0 Å². The second-order valence-electron chi connectivity index (χ2n) is 6.45. The van der Waals surface area contributed by atoms with Gasteiger partial charge in [0.05, 0.1) is 8.29 Å². The van der Waals surface area contributed by atoms with Crippen molar-refractivity contribution in [2.45, 2.75) is 78.1 Å². The minimum Gasteiger partial charge on any atom is -0.373 e. The van der Waals surface area contributed by atoms with Gasteiger partial charge >= 0.3 is 8.80 Å². The van der Waals surface area contributed by atoms with Crippen molar-refractivity contribution in [3.63, 3.8) is 0 Å². The Morgan fingerprint density at radius 1 is 0.760 bits per heavy atom. The number of hydrogen-bond donors (Lipinski definition) is 0. The smallest absolute Gasteiger partial charge is 0.373 e. The van der Waals surface area contributed by atoms with E-state index in [0.29, 0.717) is 0 Å². The molecule has 0 aliphatic carbocycles. The minimum absolute atomic E-state index is 1.09. The van der Waals surface area contributed by atoms with E-state index in [1.54, 1.807) is 32.7 Å². The van der Waals surface area contributed by atoms with Gasteiger partial charge in [0.2, 0.25) is 0 Å². The van der Waals surface area contributed by atoms with Crippen molar-refractivity contribution in [1.82, 2.24) is 0 Å². The van der Waals surface area contributed by atoms with E-state index in [2.05, 4.69) is 29.8 Å². The summed E-state index contributed by atoms with van der Waals surface area (Å²) in [7, 11) is 2.33. The molecule has 0 atom stereocenters. The van der Waals surface area contributed by atoms with Gasteiger partial charge in [0, 0.05) is 21.3 Å². The van der Waals surface area contributed by atoms with Crippen molar-refractivity contribution in [2.75, 3.05) is 21.3 Å². The van der Waals surface area contributed by atoms with E-state index in [1.165, 1.54) is 70.8 Å². The van der Waals surface area contributed by atoms with Gasteiger partial charge in [-0.15, -0.1) is 11.3 Å². The minimum atomic E-state index is -2.78. The number of thiophene rings is 1. The summed E-state index contributed by atoms with van der Waals surface area (Å²) in [5.74, 6) is 0. The van der Waals surface area contributed by atoms with Crippen LogP contribution in [-0.2, 0) is 26.1 Å². The first kappa shape index (κ1) is 23.3. The zero-order valence-electron chi connectivity index (χ0n) is 16.6. The predicted octanol–water partition coefficient (Wildman–Crippen LogP) is 5.84. The molecule has 25 heavy (non-hydrogen) atoms. The van der Waals surface area contributed by atoms with E-state index in [9.17, 15) is 0 Å². The summed E-state index contributed by atoms with van der Waals surface area (Å²) in [6, 6.07) is 0. The van der Waals surface area contributed by atoms with Crippen molar-refractivity contribution >= 4 is 40.6 Å². The van der Waals surface area contributed by atoms with Crippen LogP contribution in [0.4, 0.5) is 0 Å².